The predicted molar refractivity (Wildman–Crippen MR) is 71.3 cm³/mol. The molecule has 1 aliphatic heterocycles. The molecule has 0 saturated carbocycles. The number of nitrogens with zero attached hydrogens (tertiary/aromatic N) is 2. The summed E-state index contributed by atoms with van der Waals surface area (Å²) >= 11 is 5.97. The van der Waals surface area contributed by atoms with Crippen LogP contribution < -0.4 is 4.90 Å². The molecular formula is C13H15ClN2O2. The largest absolute Gasteiger partial charge is 0.367 e. The van der Waals surface area contributed by atoms with Gasteiger partial charge in [0.1, 0.15) is 0 Å². The molecule has 1 amide bonds. The van der Waals surface area contributed by atoms with Crippen LogP contribution in [0, 0.1) is 0 Å². The molecule has 0 N–H and O–H groups in total. The van der Waals surface area contributed by atoms with E-state index < -0.39 is 0 Å². The zero-order chi connectivity index (χ0) is 13.1. The van der Waals surface area contributed by atoms with E-state index in [2.05, 4.69) is 4.90 Å². The van der Waals surface area contributed by atoms with E-state index in [-0.39, 0.29) is 5.91 Å². The predicted octanol–water partition coefficient (Wildman–Crippen LogP) is 1.82. The van der Waals surface area contributed by atoms with E-state index in [9.17, 15) is 9.59 Å². The highest BCUT2D eigenvalue weighted by Crippen LogP contribution is 2.24. The third-order valence-electron chi connectivity index (χ3n) is 3.19. The fourth-order valence-electron chi connectivity index (χ4n) is 2.15. The number of amides is 1. The number of piperazine rings is 1. The van der Waals surface area contributed by atoms with E-state index in [0.717, 1.165) is 25.1 Å². The number of hydrogen-bond donors (Lipinski definition) is 0. The molecule has 18 heavy (non-hydrogen) atoms. The topological polar surface area (TPSA) is 40.6 Å². The molecule has 0 spiro atoms. The zero-order valence-electron chi connectivity index (χ0n) is 10.2. The summed E-state index contributed by atoms with van der Waals surface area (Å²) in [6.07, 6.45) is 0.836. The van der Waals surface area contributed by atoms with Gasteiger partial charge in [-0.3, -0.25) is 9.59 Å². The highest BCUT2D eigenvalue weighted by atomic mass is 35.5. The van der Waals surface area contributed by atoms with Crippen LogP contribution in [-0.2, 0) is 4.79 Å². The molecule has 2 rings (SSSR count). The molecule has 1 fully saturated rings. The van der Waals surface area contributed by atoms with E-state index >= 15 is 0 Å². The Morgan fingerprint density at radius 3 is 2.50 bits per heavy atom. The minimum absolute atomic E-state index is 0.0938. The summed E-state index contributed by atoms with van der Waals surface area (Å²) in [7, 11) is 0. The Morgan fingerprint density at radius 2 is 1.94 bits per heavy atom. The first-order valence-electron chi connectivity index (χ1n) is 5.87. The van der Waals surface area contributed by atoms with Gasteiger partial charge in [0, 0.05) is 49.4 Å². The van der Waals surface area contributed by atoms with Gasteiger partial charge in [-0.25, -0.2) is 0 Å². The summed E-state index contributed by atoms with van der Waals surface area (Å²) in [5, 5.41) is 0.615. The summed E-state index contributed by atoms with van der Waals surface area (Å²) in [4.78, 5) is 26.2. The molecule has 1 aromatic rings. The van der Waals surface area contributed by atoms with E-state index in [1.54, 1.807) is 25.1 Å². The van der Waals surface area contributed by atoms with Crippen molar-refractivity contribution in [3.05, 3.63) is 28.8 Å². The smallest absolute Gasteiger partial charge is 0.219 e. The molecule has 0 radical (unpaired) electrons. The third kappa shape index (κ3) is 2.64. The van der Waals surface area contributed by atoms with Gasteiger partial charge in [0.15, 0.2) is 6.29 Å². The SMILES string of the molecule is CC(=O)N1CCN(c2cc(Cl)ccc2C=O)CC1. The molecule has 0 aliphatic carbocycles. The van der Waals surface area contributed by atoms with Gasteiger partial charge in [-0.05, 0) is 18.2 Å². The number of hydrogen-bond acceptors (Lipinski definition) is 3. The van der Waals surface area contributed by atoms with Crippen molar-refractivity contribution in [1.29, 1.82) is 0 Å². The Kier molecular flexibility index (Phi) is 3.87. The molecular weight excluding hydrogens is 252 g/mol. The minimum Gasteiger partial charge on any atom is -0.367 e. The van der Waals surface area contributed by atoms with Gasteiger partial charge < -0.3 is 9.80 Å². The van der Waals surface area contributed by atoms with Gasteiger partial charge in [0.2, 0.25) is 5.91 Å². The number of benzene rings is 1. The van der Waals surface area contributed by atoms with Crippen LogP contribution in [0.2, 0.25) is 5.02 Å². The van der Waals surface area contributed by atoms with Crippen LogP contribution in [-0.4, -0.2) is 43.3 Å². The summed E-state index contributed by atoms with van der Waals surface area (Å²) in [5.74, 6) is 0.0938. The quantitative estimate of drug-likeness (QED) is 0.767. The van der Waals surface area contributed by atoms with E-state index in [1.165, 1.54) is 0 Å². The number of carbonyl (C=O) groups is 2. The Balaban J connectivity index is 2.16. The molecule has 1 heterocycles. The van der Waals surface area contributed by atoms with Crippen molar-refractivity contribution in [3.8, 4) is 0 Å². The Labute approximate surface area is 111 Å². The average molecular weight is 267 g/mol. The fraction of sp³-hybridized carbons (Fsp3) is 0.385. The number of aldehydes is 1. The maximum Gasteiger partial charge on any atom is 0.219 e. The van der Waals surface area contributed by atoms with Crippen molar-refractivity contribution in [3.63, 3.8) is 0 Å². The molecule has 0 unspecified atom stereocenters. The monoisotopic (exact) mass is 266 g/mol. The van der Waals surface area contributed by atoms with Crippen molar-refractivity contribution < 1.29 is 9.59 Å². The minimum atomic E-state index is 0.0938. The maximum absolute atomic E-state index is 11.2. The van der Waals surface area contributed by atoms with Crippen molar-refractivity contribution >= 4 is 29.5 Å². The second-order valence-electron chi connectivity index (χ2n) is 4.31. The highest BCUT2D eigenvalue weighted by Gasteiger charge is 2.20. The van der Waals surface area contributed by atoms with Crippen LogP contribution in [0.4, 0.5) is 5.69 Å². The third-order valence-corrected chi connectivity index (χ3v) is 3.42. The number of rotatable bonds is 2. The summed E-state index contributed by atoms with van der Waals surface area (Å²) in [6, 6.07) is 5.23. The lowest BCUT2D eigenvalue weighted by Crippen LogP contribution is -2.48. The van der Waals surface area contributed by atoms with Crippen molar-refractivity contribution in [2.24, 2.45) is 0 Å². The Morgan fingerprint density at radius 1 is 1.28 bits per heavy atom. The van der Waals surface area contributed by atoms with Gasteiger partial charge in [-0.2, -0.15) is 0 Å². The Hall–Kier alpha value is -1.55. The first-order valence-corrected chi connectivity index (χ1v) is 6.25. The Bertz CT molecular complexity index is 468. The summed E-state index contributed by atoms with van der Waals surface area (Å²) < 4.78 is 0. The van der Waals surface area contributed by atoms with Crippen molar-refractivity contribution in [1.82, 2.24) is 4.90 Å². The number of anilines is 1. The van der Waals surface area contributed by atoms with Gasteiger partial charge >= 0.3 is 0 Å². The van der Waals surface area contributed by atoms with Crippen LogP contribution in [0.25, 0.3) is 0 Å². The molecule has 96 valence electrons. The number of carbonyl (C=O) groups excluding carboxylic acids is 2. The molecule has 1 aromatic carbocycles. The standard InChI is InChI=1S/C13H15ClN2O2/c1-10(18)15-4-6-16(7-5-15)13-8-12(14)3-2-11(13)9-17/h2-3,8-9H,4-7H2,1H3. The molecule has 5 heteroatoms. The van der Waals surface area contributed by atoms with Gasteiger partial charge in [-0.15, -0.1) is 0 Å². The first-order chi connectivity index (χ1) is 8.61. The van der Waals surface area contributed by atoms with Crippen molar-refractivity contribution in [2.45, 2.75) is 6.92 Å². The molecule has 0 aromatic heterocycles. The van der Waals surface area contributed by atoms with Crippen LogP contribution in [0.5, 0.6) is 0 Å². The first kappa shape index (κ1) is 12.9. The van der Waals surface area contributed by atoms with E-state index in [0.29, 0.717) is 23.7 Å². The second-order valence-corrected chi connectivity index (χ2v) is 4.75. The van der Waals surface area contributed by atoms with Gasteiger partial charge in [0.05, 0.1) is 0 Å². The van der Waals surface area contributed by atoms with Gasteiger partial charge in [-0.1, -0.05) is 11.6 Å². The lowest BCUT2D eigenvalue weighted by Gasteiger charge is -2.36. The van der Waals surface area contributed by atoms with Crippen LogP contribution in [0.1, 0.15) is 17.3 Å². The summed E-state index contributed by atoms with van der Waals surface area (Å²) in [6.45, 7) is 4.38. The van der Waals surface area contributed by atoms with Crippen LogP contribution >= 0.6 is 11.6 Å². The fourth-order valence-corrected chi connectivity index (χ4v) is 2.32. The van der Waals surface area contributed by atoms with Gasteiger partial charge in [0.25, 0.3) is 0 Å². The van der Waals surface area contributed by atoms with Crippen LogP contribution in [0.3, 0.4) is 0 Å². The normalized spacial score (nSPS) is 15.7. The van der Waals surface area contributed by atoms with Crippen molar-refractivity contribution in [2.75, 3.05) is 31.1 Å². The van der Waals surface area contributed by atoms with E-state index in [1.807, 2.05) is 4.90 Å². The lowest BCUT2D eigenvalue weighted by atomic mass is 10.1. The second kappa shape index (κ2) is 5.40. The molecule has 0 atom stereocenters. The lowest BCUT2D eigenvalue weighted by molar-refractivity contribution is -0.129. The molecule has 1 saturated heterocycles. The van der Waals surface area contributed by atoms with E-state index in [4.69, 9.17) is 11.6 Å². The molecule has 0 bridgehead atoms. The number of halogens is 1. The highest BCUT2D eigenvalue weighted by molar-refractivity contribution is 6.31. The average Bonchev–Trinajstić information content (AvgIpc) is 2.39. The van der Waals surface area contributed by atoms with Crippen LogP contribution in [0.15, 0.2) is 18.2 Å². The maximum atomic E-state index is 11.2. The zero-order valence-corrected chi connectivity index (χ0v) is 11.0. The molecule has 1 aliphatic rings. The molecule has 4 nitrogen and oxygen atoms in total. The summed E-state index contributed by atoms with van der Waals surface area (Å²) in [5.41, 5.74) is 1.48.